The van der Waals surface area contributed by atoms with Crippen molar-refractivity contribution < 1.29 is 4.39 Å². The van der Waals surface area contributed by atoms with Crippen molar-refractivity contribution in [2.24, 2.45) is 0 Å². The third kappa shape index (κ3) is 2.73. The molecule has 1 aromatic carbocycles. The molecule has 0 aliphatic heterocycles. The maximum absolute atomic E-state index is 13.2. The number of hydrogen-bond acceptors (Lipinski definition) is 3. The first kappa shape index (κ1) is 11.0. The predicted molar refractivity (Wildman–Crippen MR) is 64.6 cm³/mol. The van der Waals surface area contributed by atoms with E-state index < -0.39 is 0 Å². The second-order valence-corrected chi connectivity index (χ2v) is 4.34. The highest BCUT2D eigenvalue weighted by atomic mass is 32.2. The molecule has 1 heterocycles. The number of anilines is 1. The number of pyridine rings is 1. The van der Waals surface area contributed by atoms with Gasteiger partial charge >= 0.3 is 0 Å². The zero-order chi connectivity index (χ0) is 11.4. The number of hydrogen-bond donors (Lipinski definition) is 1. The number of halogens is 1. The van der Waals surface area contributed by atoms with Crippen molar-refractivity contribution >= 4 is 17.4 Å². The fraction of sp³-hybridized carbons (Fsp3) is 0.0833. The summed E-state index contributed by atoms with van der Waals surface area (Å²) in [6.45, 7) is 0. The summed E-state index contributed by atoms with van der Waals surface area (Å²) in [5.41, 5.74) is 6.56. The first-order chi connectivity index (χ1) is 7.75. The summed E-state index contributed by atoms with van der Waals surface area (Å²) in [5, 5.41) is 0. The molecule has 2 aromatic rings. The lowest BCUT2D eigenvalue weighted by molar-refractivity contribution is 0.629. The lowest BCUT2D eigenvalue weighted by atomic mass is 10.3. The Morgan fingerprint density at radius 1 is 1.25 bits per heavy atom. The summed E-state index contributed by atoms with van der Waals surface area (Å²) in [7, 11) is 0. The Morgan fingerprint density at radius 2 is 2.12 bits per heavy atom. The number of rotatable bonds is 3. The third-order valence-electron chi connectivity index (χ3n) is 2.08. The van der Waals surface area contributed by atoms with Crippen LogP contribution >= 0.6 is 11.8 Å². The quantitative estimate of drug-likeness (QED) is 0.655. The number of nitrogens with zero attached hydrogens (tertiary/aromatic N) is 1. The molecule has 16 heavy (non-hydrogen) atoms. The molecule has 0 atom stereocenters. The van der Waals surface area contributed by atoms with Gasteiger partial charge in [-0.25, -0.2) is 4.39 Å². The van der Waals surface area contributed by atoms with Gasteiger partial charge in [0.15, 0.2) is 0 Å². The molecule has 0 bridgehead atoms. The van der Waals surface area contributed by atoms with Crippen molar-refractivity contribution in [1.82, 2.24) is 4.98 Å². The van der Waals surface area contributed by atoms with E-state index >= 15 is 0 Å². The van der Waals surface area contributed by atoms with Gasteiger partial charge in [0.1, 0.15) is 5.82 Å². The van der Waals surface area contributed by atoms with Crippen LogP contribution in [0.4, 0.5) is 10.1 Å². The monoisotopic (exact) mass is 234 g/mol. The molecule has 0 aliphatic rings. The smallest absolute Gasteiger partial charge is 0.147 e. The van der Waals surface area contributed by atoms with E-state index in [0.29, 0.717) is 0 Å². The van der Waals surface area contributed by atoms with Crippen LogP contribution in [0.3, 0.4) is 0 Å². The van der Waals surface area contributed by atoms with Gasteiger partial charge in [0.05, 0.1) is 11.4 Å². The summed E-state index contributed by atoms with van der Waals surface area (Å²) in [6.07, 6.45) is 1.75. The fourth-order valence-electron chi connectivity index (χ4n) is 1.24. The number of thioether (sulfide) groups is 1. The van der Waals surface area contributed by atoms with Crippen molar-refractivity contribution in [2.75, 3.05) is 5.73 Å². The Hall–Kier alpha value is -1.55. The lowest BCUT2D eigenvalue weighted by Crippen LogP contribution is -1.90. The third-order valence-corrected chi connectivity index (χ3v) is 3.11. The van der Waals surface area contributed by atoms with Gasteiger partial charge in [0.25, 0.3) is 0 Å². The molecular weight excluding hydrogens is 223 g/mol. The van der Waals surface area contributed by atoms with Gasteiger partial charge in [-0.15, -0.1) is 11.8 Å². The first-order valence-electron chi connectivity index (χ1n) is 4.83. The first-order valence-corrected chi connectivity index (χ1v) is 5.82. The fourth-order valence-corrected chi connectivity index (χ4v) is 2.07. The van der Waals surface area contributed by atoms with Gasteiger partial charge < -0.3 is 5.73 Å². The van der Waals surface area contributed by atoms with Crippen LogP contribution in [0.25, 0.3) is 0 Å². The molecule has 0 spiro atoms. The molecule has 2 nitrogen and oxygen atoms in total. The maximum atomic E-state index is 13.2. The number of aromatic nitrogens is 1. The summed E-state index contributed by atoms with van der Waals surface area (Å²) < 4.78 is 13.2. The van der Waals surface area contributed by atoms with Crippen molar-refractivity contribution in [2.45, 2.75) is 10.6 Å². The van der Waals surface area contributed by atoms with Crippen LogP contribution in [0.2, 0.25) is 0 Å². The molecule has 0 unspecified atom stereocenters. The highest BCUT2D eigenvalue weighted by Crippen LogP contribution is 2.24. The predicted octanol–water partition coefficient (Wildman–Crippen LogP) is 3.10. The van der Waals surface area contributed by atoms with Gasteiger partial charge in [0, 0.05) is 16.8 Å². The van der Waals surface area contributed by atoms with Crippen molar-refractivity contribution in [3.8, 4) is 0 Å². The van der Waals surface area contributed by atoms with E-state index in [4.69, 9.17) is 5.73 Å². The number of nitrogen functional groups attached to an aromatic ring is 1. The molecule has 82 valence electrons. The molecule has 1 aromatic heterocycles. The molecule has 0 aliphatic carbocycles. The van der Waals surface area contributed by atoms with Crippen molar-refractivity contribution in [1.29, 1.82) is 0 Å². The van der Waals surface area contributed by atoms with Crippen LogP contribution in [0, 0.1) is 5.82 Å². The van der Waals surface area contributed by atoms with Crippen LogP contribution < -0.4 is 5.73 Å². The van der Waals surface area contributed by atoms with E-state index in [-0.39, 0.29) is 11.5 Å². The Kier molecular flexibility index (Phi) is 3.41. The van der Waals surface area contributed by atoms with E-state index in [1.54, 1.807) is 12.3 Å². The standard InChI is InChI=1S/C12H11FN2S/c13-11-7-10(4-5-12(11)14)16-8-9-3-1-2-6-15-9/h1-7H,8,14H2. The largest absolute Gasteiger partial charge is 0.396 e. The molecular formula is C12H11FN2S. The Labute approximate surface area is 97.7 Å². The number of nitrogens with two attached hydrogens (primary N) is 1. The minimum Gasteiger partial charge on any atom is -0.396 e. The summed E-state index contributed by atoms with van der Waals surface area (Å²) in [5.74, 6) is 0.357. The van der Waals surface area contributed by atoms with Crippen molar-refractivity contribution in [3.63, 3.8) is 0 Å². The topological polar surface area (TPSA) is 38.9 Å². The average molecular weight is 234 g/mol. The summed E-state index contributed by atoms with van der Waals surface area (Å²) in [4.78, 5) is 5.05. The molecule has 0 radical (unpaired) electrons. The Bertz CT molecular complexity index is 474. The molecule has 0 saturated heterocycles. The molecule has 0 saturated carbocycles. The van der Waals surface area contributed by atoms with E-state index in [1.807, 2.05) is 24.3 Å². The molecule has 2 N–H and O–H groups in total. The van der Waals surface area contributed by atoms with Crippen molar-refractivity contribution in [3.05, 3.63) is 54.1 Å². The normalized spacial score (nSPS) is 10.3. The zero-order valence-electron chi connectivity index (χ0n) is 8.56. The summed E-state index contributed by atoms with van der Waals surface area (Å²) >= 11 is 1.54. The van der Waals surface area contributed by atoms with E-state index in [2.05, 4.69) is 4.98 Å². The highest BCUT2D eigenvalue weighted by molar-refractivity contribution is 7.98. The maximum Gasteiger partial charge on any atom is 0.147 e. The Morgan fingerprint density at radius 3 is 2.81 bits per heavy atom. The van der Waals surface area contributed by atoms with Crippen LogP contribution in [0.5, 0.6) is 0 Å². The molecule has 0 fully saturated rings. The van der Waals surface area contributed by atoms with Gasteiger partial charge in [-0.05, 0) is 30.3 Å². The van der Waals surface area contributed by atoms with Gasteiger partial charge in [-0.2, -0.15) is 0 Å². The van der Waals surface area contributed by atoms with E-state index in [0.717, 1.165) is 16.3 Å². The minimum atomic E-state index is -0.369. The lowest BCUT2D eigenvalue weighted by Gasteiger charge is -2.02. The summed E-state index contributed by atoms with van der Waals surface area (Å²) in [6, 6.07) is 10.6. The van der Waals surface area contributed by atoms with Gasteiger partial charge in [-0.1, -0.05) is 6.07 Å². The van der Waals surface area contributed by atoms with Crippen LogP contribution in [-0.4, -0.2) is 4.98 Å². The second kappa shape index (κ2) is 4.99. The average Bonchev–Trinajstić information content (AvgIpc) is 2.32. The zero-order valence-corrected chi connectivity index (χ0v) is 9.38. The van der Waals surface area contributed by atoms with E-state index in [1.165, 1.54) is 17.8 Å². The van der Waals surface area contributed by atoms with Crippen LogP contribution in [-0.2, 0) is 5.75 Å². The second-order valence-electron chi connectivity index (χ2n) is 3.29. The highest BCUT2D eigenvalue weighted by Gasteiger charge is 2.01. The number of benzene rings is 1. The molecule has 2 rings (SSSR count). The van der Waals surface area contributed by atoms with E-state index in [9.17, 15) is 4.39 Å². The SMILES string of the molecule is Nc1ccc(SCc2ccccn2)cc1F. The Balaban J connectivity index is 2.03. The molecule has 0 amide bonds. The minimum absolute atomic E-state index is 0.183. The van der Waals surface area contributed by atoms with Gasteiger partial charge in [-0.3, -0.25) is 4.98 Å². The van der Waals surface area contributed by atoms with Crippen LogP contribution in [0.15, 0.2) is 47.5 Å². The van der Waals surface area contributed by atoms with Gasteiger partial charge in [0.2, 0.25) is 0 Å². The van der Waals surface area contributed by atoms with Crippen LogP contribution in [0.1, 0.15) is 5.69 Å². The molecule has 4 heteroatoms.